The second kappa shape index (κ2) is 5.16. The van der Waals surface area contributed by atoms with E-state index >= 15 is 0 Å². The van der Waals surface area contributed by atoms with Crippen LogP contribution in [0.5, 0.6) is 5.75 Å². The third-order valence-corrected chi connectivity index (χ3v) is 4.80. The van der Waals surface area contributed by atoms with E-state index < -0.39 is 0 Å². The number of nitrogens with one attached hydrogen (secondary N) is 1. The van der Waals surface area contributed by atoms with Crippen molar-refractivity contribution in [2.45, 2.75) is 18.4 Å². The minimum atomic E-state index is -0.171. The van der Waals surface area contributed by atoms with Gasteiger partial charge in [-0.1, -0.05) is 30.4 Å². The number of fused-ring (bicyclic) bond motifs is 3. The Balaban J connectivity index is 1.81. The van der Waals surface area contributed by atoms with Gasteiger partial charge in [-0.15, -0.1) is 0 Å². The van der Waals surface area contributed by atoms with Gasteiger partial charge in [0.05, 0.1) is 13.2 Å². The van der Waals surface area contributed by atoms with Crippen molar-refractivity contribution in [2.75, 3.05) is 12.4 Å². The number of ether oxygens (including phenoxy) is 1. The van der Waals surface area contributed by atoms with Gasteiger partial charge >= 0.3 is 0 Å². The van der Waals surface area contributed by atoms with Crippen LogP contribution in [0.15, 0.2) is 54.6 Å². The minimum absolute atomic E-state index is 0.171. The molecule has 2 aromatic carbocycles. The van der Waals surface area contributed by atoms with Crippen LogP contribution in [-0.4, -0.2) is 7.11 Å². The van der Waals surface area contributed by atoms with Gasteiger partial charge in [0.15, 0.2) is 0 Å². The summed E-state index contributed by atoms with van der Waals surface area (Å²) in [6.45, 7) is 0. The van der Waals surface area contributed by atoms with E-state index in [1.165, 1.54) is 11.6 Å². The summed E-state index contributed by atoms with van der Waals surface area (Å²) in [7, 11) is 1.70. The van der Waals surface area contributed by atoms with Crippen molar-refractivity contribution in [1.82, 2.24) is 0 Å². The third-order valence-electron chi connectivity index (χ3n) is 4.80. The highest BCUT2D eigenvalue weighted by Crippen LogP contribution is 2.51. The maximum atomic E-state index is 13.6. The zero-order valence-corrected chi connectivity index (χ0v) is 12.4. The lowest BCUT2D eigenvalue weighted by Gasteiger charge is -2.38. The molecule has 112 valence electrons. The molecule has 1 heterocycles. The fraction of sp³-hybridized carbons (Fsp3) is 0.263. The number of benzene rings is 2. The van der Waals surface area contributed by atoms with E-state index in [1.807, 2.05) is 24.3 Å². The summed E-state index contributed by atoms with van der Waals surface area (Å²) < 4.78 is 19.2. The number of hydrogen-bond acceptors (Lipinski definition) is 2. The Labute approximate surface area is 129 Å². The largest absolute Gasteiger partial charge is 0.496 e. The summed E-state index contributed by atoms with van der Waals surface area (Å²) >= 11 is 0. The summed E-state index contributed by atoms with van der Waals surface area (Å²) in [4.78, 5) is 0. The molecule has 1 aliphatic carbocycles. The number of methoxy groups -OCH3 is 1. The number of anilines is 1. The van der Waals surface area contributed by atoms with Crippen LogP contribution in [0.2, 0.25) is 0 Å². The van der Waals surface area contributed by atoms with Crippen molar-refractivity contribution in [3.8, 4) is 5.75 Å². The Morgan fingerprint density at radius 1 is 1.14 bits per heavy atom. The lowest BCUT2D eigenvalue weighted by molar-refractivity contribution is 0.380. The maximum Gasteiger partial charge on any atom is 0.124 e. The molecule has 2 aromatic rings. The first-order valence-electron chi connectivity index (χ1n) is 7.63. The van der Waals surface area contributed by atoms with E-state index in [2.05, 4.69) is 23.5 Å². The second-order valence-electron chi connectivity index (χ2n) is 5.95. The van der Waals surface area contributed by atoms with E-state index in [4.69, 9.17) is 4.74 Å². The molecule has 0 bridgehead atoms. The maximum absolute atomic E-state index is 13.6. The monoisotopic (exact) mass is 295 g/mol. The highest BCUT2D eigenvalue weighted by molar-refractivity contribution is 5.60. The van der Waals surface area contributed by atoms with Crippen molar-refractivity contribution >= 4 is 5.69 Å². The van der Waals surface area contributed by atoms with Crippen LogP contribution < -0.4 is 10.1 Å². The van der Waals surface area contributed by atoms with Gasteiger partial charge in [0.2, 0.25) is 0 Å². The first-order valence-corrected chi connectivity index (χ1v) is 7.63. The van der Waals surface area contributed by atoms with E-state index in [-0.39, 0.29) is 17.8 Å². The Morgan fingerprint density at radius 2 is 2.00 bits per heavy atom. The van der Waals surface area contributed by atoms with Gasteiger partial charge in [-0.3, -0.25) is 0 Å². The summed E-state index contributed by atoms with van der Waals surface area (Å²) in [5.74, 6) is 1.39. The number of allylic oxidation sites excluding steroid dienone is 2. The molecule has 0 fully saturated rings. The van der Waals surface area contributed by atoms with Crippen molar-refractivity contribution in [3.63, 3.8) is 0 Å². The number of rotatable bonds is 2. The molecule has 2 nitrogen and oxygen atoms in total. The Morgan fingerprint density at radius 3 is 2.86 bits per heavy atom. The average Bonchev–Trinajstić information content (AvgIpc) is 3.04. The van der Waals surface area contributed by atoms with Crippen LogP contribution in [0.25, 0.3) is 0 Å². The van der Waals surface area contributed by atoms with Crippen LogP contribution in [0.1, 0.15) is 29.5 Å². The van der Waals surface area contributed by atoms with Crippen LogP contribution in [0, 0.1) is 11.7 Å². The molecule has 0 spiro atoms. The van der Waals surface area contributed by atoms with Gasteiger partial charge in [0.25, 0.3) is 0 Å². The molecule has 4 rings (SSSR count). The minimum Gasteiger partial charge on any atom is -0.496 e. The molecular formula is C19H18FNO. The molecule has 1 N–H and O–H groups in total. The predicted molar refractivity (Wildman–Crippen MR) is 85.7 cm³/mol. The second-order valence-corrected chi connectivity index (χ2v) is 5.95. The molecule has 3 heteroatoms. The number of halogens is 1. The third kappa shape index (κ3) is 2.00. The average molecular weight is 295 g/mol. The number of hydrogen-bond donors (Lipinski definition) is 1. The van der Waals surface area contributed by atoms with E-state index in [1.54, 1.807) is 13.2 Å². The highest BCUT2D eigenvalue weighted by Gasteiger charge is 2.38. The Kier molecular flexibility index (Phi) is 3.14. The van der Waals surface area contributed by atoms with Gasteiger partial charge in [0.1, 0.15) is 11.6 Å². The fourth-order valence-electron chi connectivity index (χ4n) is 3.80. The zero-order valence-electron chi connectivity index (χ0n) is 12.4. The molecule has 0 amide bonds. The molecule has 0 saturated heterocycles. The van der Waals surface area contributed by atoms with Crippen LogP contribution in [-0.2, 0) is 0 Å². The van der Waals surface area contributed by atoms with Crippen LogP contribution in [0.4, 0.5) is 10.1 Å². The van der Waals surface area contributed by atoms with Gasteiger partial charge in [-0.2, -0.15) is 0 Å². The molecule has 1 aliphatic heterocycles. The molecule has 0 saturated carbocycles. The van der Waals surface area contributed by atoms with Crippen LogP contribution in [0.3, 0.4) is 0 Å². The topological polar surface area (TPSA) is 21.3 Å². The molecule has 0 radical (unpaired) electrons. The van der Waals surface area contributed by atoms with Crippen molar-refractivity contribution in [2.24, 2.45) is 5.92 Å². The molecule has 0 aromatic heterocycles. The van der Waals surface area contributed by atoms with Gasteiger partial charge in [-0.25, -0.2) is 4.39 Å². The van der Waals surface area contributed by atoms with Crippen LogP contribution >= 0.6 is 0 Å². The van der Waals surface area contributed by atoms with Gasteiger partial charge in [0, 0.05) is 17.2 Å². The SMILES string of the molecule is COc1ccccc1[C@@H]1Nc2ccc(F)cc2[C@@H]2C=CC[C@@H]21. The lowest BCUT2D eigenvalue weighted by atomic mass is 9.77. The lowest BCUT2D eigenvalue weighted by Crippen LogP contribution is -2.29. The summed E-state index contributed by atoms with van der Waals surface area (Å²) in [6.07, 6.45) is 5.42. The summed E-state index contributed by atoms with van der Waals surface area (Å²) in [5, 5.41) is 3.60. The standard InChI is InChI=1S/C19H18FNO/c1-22-18-8-3-2-5-15(18)19-14-7-4-6-13(14)16-11-12(20)9-10-17(16)21-19/h2-6,8-11,13-14,19,21H,7H2,1H3/t13-,14+,19-/m1/s1. The summed E-state index contributed by atoms with van der Waals surface area (Å²) in [5.41, 5.74) is 3.24. The molecule has 3 atom stereocenters. The Hall–Kier alpha value is -2.29. The van der Waals surface area contributed by atoms with Crippen molar-refractivity contribution < 1.29 is 9.13 Å². The van der Waals surface area contributed by atoms with Crippen molar-refractivity contribution in [3.05, 3.63) is 71.6 Å². The summed E-state index contributed by atoms with van der Waals surface area (Å²) in [6, 6.07) is 13.3. The van der Waals surface area contributed by atoms with Crippen molar-refractivity contribution in [1.29, 1.82) is 0 Å². The fourth-order valence-corrected chi connectivity index (χ4v) is 3.80. The van der Waals surface area contributed by atoms with Gasteiger partial charge < -0.3 is 10.1 Å². The zero-order chi connectivity index (χ0) is 15.1. The quantitative estimate of drug-likeness (QED) is 0.814. The molecule has 2 aliphatic rings. The van der Waals surface area contributed by atoms with E-state index in [0.29, 0.717) is 5.92 Å². The van der Waals surface area contributed by atoms with E-state index in [0.717, 1.165) is 23.4 Å². The molecule has 0 unspecified atom stereocenters. The molecular weight excluding hydrogens is 277 g/mol. The predicted octanol–water partition coefficient (Wildman–Crippen LogP) is 4.66. The normalized spacial score (nSPS) is 25.3. The van der Waals surface area contributed by atoms with E-state index in [9.17, 15) is 4.39 Å². The first-order chi connectivity index (χ1) is 10.8. The van der Waals surface area contributed by atoms with Gasteiger partial charge in [-0.05, 0) is 42.2 Å². The Bertz CT molecular complexity index is 740. The highest BCUT2D eigenvalue weighted by atomic mass is 19.1. The number of para-hydroxylation sites is 1. The molecule has 22 heavy (non-hydrogen) atoms. The first kappa shape index (κ1) is 13.4. The smallest absolute Gasteiger partial charge is 0.124 e.